The van der Waals surface area contributed by atoms with Crippen LogP contribution in [0.4, 0.5) is 0 Å². The summed E-state index contributed by atoms with van der Waals surface area (Å²) >= 11 is 0. The highest BCUT2D eigenvalue weighted by Crippen LogP contribution is 2.43. The van der Waals surface area contributed by atoms with Gasteiger partial charge in [0.05, 0.1) is 5.71 Å². The Hall–Kier alpha value is -2.96. The summed E-state index contributed by atoms with van der Waals surface area (Å²) in [6.07, 6.45) is 9.21. The number of aliphatic hydroxyl groups is 1. The molecular weight excluding hydrogens is 414 g/mol. The first-order chi connectivity index (χ1) is 16.1. The minimum absolute atomic E-state index is 0.647. The largest absolute Gasteiger partial charge is 0.457 e. The molecule has 2 aliphatic carbocycles. The van der Waals surface area contributed by atoms with Gasteiger partial charge in [-0.3, -0.25) is 4.98 Å². The summed E-state index contributed by atoms with van der Waals surface area (Å²) in [5.41, 5.74) is 4.94. The molecule has 6 heteroatoms. The van der Waals surface area contributed by atoms with Crippen LogP contribution in [0, 0.1) is 5.92 Å². The number of rotatable bonds is 5. The number of oxime groups is 1. The standard InChI is InChI=1S/C27H29N3O3/c31-27(9-13-30(14-10-27)17-18-1-2-18)25-16-23(26(33-25)19-7-11-28-12-8-19)21-3-5-22-20(15-21)4-6-24(22)29-32/h3,5,7-8,11-12,15-16,18,31-32H,1-2,4,6,9-10,13-14,17H2. The zero-order valence-corrected chi connectivity index (χ0v) is 18.7. The van der Waals surface area contributed by atoms with Gasteiger partial charge < -0.3 is 19.6 Å². The Kier molecular flexibility index (Phi) is 5.07. The number of furan rings is 1. The van der Waals surface area contributed by atoms with Crippen molar-refractivity contribution in [2.45, 2.75) is 44.1 Å². The van der Waals surface area contributed by atoms with Gasteiger partial charge in [0.1, 0.15) is 17.1 Å². The molecule has 1 saturated heterocycles. The average molecular weight is 444 g/mol. The summed E-state index contributed by atoms with van der Waals surface area (Å²) in [5.74, 6) is 2.27. The second kappa shape index (κ2) is 8.12. The molecular formula is C27H29N3O3. The second-order valence-corrected chi connectivity index (χ2v) is 9.78. The van der Waals surface area contributed by atoms with Crippen molar-refractivity contribution in [2.24, 2.45) is 11.1 Å². The monoisotopic (exact) mass is 443 g/mol. The van der Waals surface area contributed by atoms with Crippen molar-refractivity contribution in [2.75, 3.05) is 19.6 Å². The lowest BCUT2D eigenvalue weighted by atomic mass is 9.88. The molecule has 3 heterocycles. The number of benzene rings is 1. The maximum Gasteiger partial charge on any atom is 0.142 e. The Morgan fingerprint density at radius 2 is 1.79 bits per heavy atom. The molecule has 1 aliphatic heterocycles. The van der Waals surface area contributed by atoms with Crippen LogP contribution < -0.4 is 0 Å². The van der Waals surface area contributed by atoms with E-state index in [0.717, 1.165) is 72.1 Å². The number of hydrogen-bond acceptors (Lipinski definition) is 6. The summed E-state index contributed by atoms with van der Waals surface area (Å²) in [6, 6.07) is 12.2. The number of likely N-dealkylation sites (tertiary alicyclic amines) is 1. The van der Waals surface area contributed by atoms with Gasteiger partial charge in [-0.15, -0.1) is 0 Å². The van der Waals surface area contributed by atoms with E-state index in [-0.39, 0.29) is 0 Å². The molecule has 0 bridgehead atoms. The minimum atomic E-state index is -0.951. The Bertz CT molecular complexity index is 1190. The zero-order chi connectivity index (χ0) is 22.4. The maximum atomic E-state index is 11.6. The highest BCUT2D eigenvalue weighted by molar-refractivity contribution is 6.04. The third kappa shape index (κ3) is 3.87. The summed E-state index contributed by atoms with van der Waals surface area (Å²) in [5, 5.41) is 24.3. The van der Waals surface area contributed by atoms with Crippen molar-refractivity contribution in [1.29, 1.82) is 0 Å². The normalized spacial score (nSPS) is 21.4. The molecule has 3 aliphatic rings. The van der Waals surface area contributed by atoms with Crippen molar-refractivity contribution >= 4 is 5.71 Å². The van der Waals surface area contributed by atoms with Crippen LogP contribution >= 0.6 is 0 Å². The highest BCUT2D eigenvalue weighted by Gasteiger charge is 2.39. The van der Waals surface area contributed by atoms with Crippen molar-refractivity contribution in [3.8, 4) is 22.5 Å². The van der Waals surface area contributed by atoms with Crippen molar-refractivity contribution in [1.82, 2.24) is 9.88 Å². The van der Waals surface area contributed by atoms with Gasteiger partial charge in [0.15, 0.2) is 0 Å². The van der Waals surface area contributed by atoms with E-state index in [2.05, 4.69) is 27.2 Å². The van der Waals surface area contributed by atoms with Gasteiger partial charge in [-0.2, -0.15) is 0 Å². The maximum absolute atomic E-state index is 11.6. The third-order valence-electron chi connectivity index (χ3n) is 7.51. The smallest absolute Gasteiger partial charge is 0.142 e. The van der Waals surface area contributed by atoms with Gasteiger partial charge in [-0.25, -0.2) is 0 Å². The van der Waals surface area contributed by atoms with Crippen LogP contribution in [-0.2, 0) is 12.0 Å². The molecule has 0 amide bonds. The Balaban J connectivity index is 1.36. The first-order valence-electron chi connectivity index (χ1n) is 12.0. The van der Waals surface area contributed by atoms with Crippen LogP contribution in [0.1, 0.15) is 49.0 Å². The van der Waals surface area contributed by atoms with Gasteiger partial charge in [0.25, 0.3) is 0 Å². The lowest BCUT2D eigenvalue weighted by Crippen LogP contribution is -2.43. The molecule has 3 aromatic rings. The average Bonchev–Trinajstić information content (AvgIpc) is 3.39. The molecule has 6 rings (SSSR count). The summed E-state index contributed by atoms with van der Waals surface area (Å²) < 4.78 is 6.43. The SMILES string of the molecule is ON=C1CCc2cc(-c3cc(C4(O)CCN(CC5CC5)CC4)oc3-c3ccncc3)ccc21. The molecule has 6 nitrogen and oxygen atoms in total. The fourth-order valence-electron chi connectivity index (χ4n) is 5.31. The van der Waals surface area contributed by atoms with E-state index in [1.54, 1.807) is 12.4 Å². The molecule has 1 aromatic carbocycles. The van der Waals surface area contributed by atoms with E-state index in [0.29, 0.717) is 18.6 Å². The third-order valence-corrected chi connectivity index (χ3v) is 7.51. The number of aryl methyl sites for hydroxylation is 1. The molecule has 33 heavy (non-hydrogen) atoms. The lowest BCUT2D eigenvalue weighted by Gasteiger charge is -2.37. The van der Waals surface area contributed by atoms with Gasteiger partial charge >= 0.3 is 0 Å². The van der Waals surface area contributed by atoms with Crippen LogP contribution in [0.5, 0.6) is 0 Å². The second-order valence-electron chi connectivity index (χ2n) is 9.78. The number of piperidine rings is 1. The molecule has 2 fully saturated rings. The van der Waals surface area contributed by atoms with Gasteiger partial charge in [0.2, 0.25) is 0 Å². The van der Waals surface area contributed by atoms with E-state index >= 15 is 0 Å². The predicted octanol–water partition coefficient (Wildman–Crippen LogP) is 4.83. The van der Waals surface area contributed by atoms with Gasteiger partial charge in [-0.05, 0) is 73.8 Å². The fraction of sp³-hybridized carbons (Fsp3) is 0.407. The first-order valence-corrected chi connectivity index (χ1v) is 12.0. The topological polar surface area (TPSA) is 82.1 Å². The van der Waals surface area contributed by atoms with E-state index in [9.17, 15) is 10.3 Å². The van der Waals surface area contributed by atoms with Crippen LogP contribution in [0.25, 0.3) is 22.5 Å². The molecule has 0 spiro atoms. The number of aromatic nitrogens is 1. The number of hydrogen-bond donors (Lipinski definition) is 2. The van der Waals surface area contributed by atoms with Crippen LogP contribution in [0.15, 0.2) is 58.4 Å². The van der Waals surface area contributed by atoms with E-state index in [1.807, 2.05) is 24.3 Å². The number of pyridine rings is 1. The Morgan fingerprint density at radius 3 is 2.52 bits per heavy atom. The number of nitrogens with zero attached hydrogens (tertiary/aromatic N) is 3. The van der Waals surface area contributed by atoms with Crippen LogP contribution in [0.3, 0.4) is 0 Å². The fourth-order valence-corrected chi connectivity index (χ4v) is 5.31. The quantitative estimate of drug-likeness (QED) is 0.436. The molecule has 0 unspecified atom stereocenters. The van der Waals surface area contributed by atoms with Crippen LogP contribution in [0.2, 0.25) is 0 Å². The minimum Gasteiger partial charge on any atom is -0.457 e. The Labute approximate surface area is 193 Å². The van der Waals surface area contributed by atoms with Gasteiger partial charge in [-0.1, -0.05) is 23.4 Å². The number of fused-ring (bicyclic) bond motifs is 1. The van der Waals surface area contributed by atoms with E-state index < -0.39 is 5.60 Å². The predicted molar refractivity (Wildman–Crippen MR) is 126 cm³/mol. The summed E-state index contributed by atoms with van der Waals surface area (Å²) in [7, 11) is 0. The molecule has 1 saturated carbocycles. The highest BCUT2D eigenvalue weighted by atomic mass is 16.4. The van der Waals surface area contributed by atoms with Crippen molar-refractivity contribution in [3.05, 3.63) is 65.7 Å². The molecule has 170 valence electrons. The summed E-state index contributed by atoms with van der Waals surface area (Å²) in [6.45, 7) is 2.96. The Morgan fingerprint density at radius 1 is 1.00 bits per heavy atom. The van der Waals surface area contributed by atoms with E-state index in [4.69, 9.17) is 4.42 Å². The summed E-state index contributed by atoms with van der Waals surface area (Å²) in [4.78, 5) is 6.64. The van der Waals surface area contributed by atoms with Crippen LogP contribution in [-0.4, -0.2) is 45.5 Å². The molecule has 0 atom stereocenters. The molecule has 2 N–H and O–H groups in total. The molecule has 2 aromatic heterocycles. The lowest BCUT2D eigenvalue weighted by molar-refractivity contribution is -0.0423. The van der Waals surface area contributed by atoms with Crippen molar-refractivity contribution < 1.29 is 14.7 Å². The van der Waals surface area contributed by atoms with Crippen molar-refractivity contribution in [3.63, 3.8) is 0 Å². The van der Waals surface area contributed by atoms with Gasteiger partial charge in [0, 0.05) is 48.7 Å². The zero-order valence-electron chi connectivity index (χ0n) is 18.7. The first kappa shape index (κ1) is 20.6. The van der Waals surface area contributed by atoms with E-state index in [1.165, 1.54) is 18.4 Å². The molecule has 0 radical (unpaired) electrons.